The lowest BCUT2D eigenvalue weighted by Gasteiger charge is -2.15. The molecule has 0 aliphatic carbocycles. The molecule has 0 fully saturated rings. The van der Waals surface area contributed by atoms with Gasteiger partial charge in [0.25, 0.3) is 0 Å². The van der Waals surface area contributed by atoms with Gasteiger partial charge in [0.15, 0.2) is 0 Å². The van der Waals surface area contributed by atoms with Crippen LogP contribution in [0.15, 0.2) is 91.5 Å². The molecule has 0 heteroatoms. The molecule has 126 valence electrons. The third-order valence-corrected chi connectivity index (χ3v) is 5.00. The molecule has 0 heterocycles. The van der Waals surface area contributed by atoms with Crippen molar-refractivity contribution in [3.8, 4) is 22.3 Å². The van der Waals surface area contributed by atoms with Crippen LogP contribution < -0.4 is 0 Å². The van der Waals surface area contributed by atoms with Crippen LogP contribution in [0.3, 0.4) is 0 Å². The van der Waals surface area contributed by atoms with E-state index in [-0.39, 0.29) is 0 Å². The van der Waals surface area contributed by atoms with Crippen LogP contribution in [0.5, 0.6) is 0 Å². The average molecular weight is 334 g/mol. The second-order valence-corrected chi connectivity index (χ2v) is 6.92. The normalized spacial score (nSPS) is 10.8. The van der Waals surface area contributed by atoms with Crippen molar-refractivity contribution in [3.63, 3.8) is 0 Å². The van der Waals surface area contributed by atoms with E-state index in [4.69, 9.17) is 0 Å². The van der Waals surface area contributed by atoms with Crippen LogP contribution in [0.2, 0.25) is 0 Å². The smallest absolute Gasteiger partial charge is 0.0100 e. The Balaban J connectivity index is 1.91. The van der Waals surface area contributed by atoms with Gasteiger partial charge in [0.05, 0.1) is 0 Å². The molecule has 0 N–H and O–H groups in total. The van der Waals surface area contributed by atoms with Gasteiger partial charge in [-0.1, -0.05) is 84.9 Å². The minimum atomic E-state index is 1.09. The monoisotopic (exact) mass is 334 g/mol. The molecule has 4 aromatic carbocycles. The SMILES string of the molecule is C=C(C)c1ccc(-c2ccc3ccccc3c2)cc1-c1ccccc1C. The fourth-order valence-corrected chi connectivity index (χ4v) is 3.56. The van der Waals surface area contributed by atoms with Gasteiger partial charge in [0.1, 0.15) is 0 Å². The van der Waals surface area contributed by atoms with E-state index in [0.717, 1.165) is 5.57 Å². The Morgan fingerprint density at radius 2 is 1.31 bits per heavy atom. The van der Waals surface area contributed by atoms with Crippen LogP contribution in [0.25, 0.3) is 38.6 Å². The summed E-state index contributed by atoms with van der Waals surface area (Å²) in [4.78, 5) is 0. The van der Waals surface area contributed by atoms with Crippen molar-refractivity contribution in [2.75, 3.05) is 0 Å². The molecular weight excluding hydrogens is 312 g/mol. The summed E-state index contributed by atoms with van der Waals surface area (Å²) in [5, 5.41) is 2.54. The summed E-state index contributed by atoms with van der Waals surface area (Å²) in [6.07, 6.45) is 0. The Kier molecular flexibility index (Phi) is 4.18. The highest BCUT2D eigenvalue weighted by atomic mass is 14.1. The largest absolute Gasteiger partial charge is 0.0955 e. The lowest BCUT2D eigenvalue weighted by molar-refractivity contribution is 1.44. The molecule has 0 radical (unpaired) electrons. The fraction of sp³-hybridized carbons (Fsp3) is 0.0769. The van der Waals surface area contributed by atoms with Gasteiger partial charge in [0, 0.05) is 0 Å². The van der Waals surface area contributed by atoms with E-state index in [1.54, 1.807) is 0 Å². The van der Waals surface area contributed by atoms with Crippen molar-refractivity contribution in [2.45, 2.75) is 13.8 Å². The first-order chi connectivity index (χ1) is 12.6. The van der Waals surface area contributed by atoms with E-state index in [1.807, 2.05) is 0 Å². The van der Waals surface area contributed by atoms with Gasteiger partial charge in [-0.25, -0.2) is 0 Å². The van der Waals surface area contributed by atoms with E-state index in [1.165, 1.54) is 44.2 Å². The molecule has 0 amide bonds. The highest BCUT2D eigenvalue weighted by Crippen LogP contribution is 2.35. The quantitative estimate of drug-likeness (QED) is 0.363. The Labute approximate surface area is 155 Å². The molecule has 0 aliphatic heterocycles. The van der Waals surface area contributed by atoms with E-state index in [0.29, 0.717) is 0 Å². The molecule has 0 aromatic heterocycles. The predicted molar refractivity (Wildman–Crippen MR) is 114 cm³/mol. The number of benzene rings is 4. The zero-order valence-electron chi connectivity index (χ0n) is 15.3. The Bertz CT molecular complexity index is 1120. The molecule has 0 spiro atoms. The first-order valence-electron chi connectivity index (χ1n) is 8.98. The maximum Gasteiger partial charge on any atom is -0.0100 e. The first-order valence-corrected chi connectivity index (χ1v) is 8.98. The van der Waals surface area contributed by atoms with Gasteiger partial charge in [0.2, 0.25) is 0 Å². The molecule has 0 unspecified atom stereocenters. The zero-order chi connectivity index (χ0) is 18.1. The fourth-order valence-electron chi connectivity index (χ4n) is 3.56. The standard InChI is InChI=1S/C26H22/c1-18(2)24-15-14-23(17-26(24)25-11-7-4-8-19(25)3)22-13-12-20-9-5-6-10-21(20)16-22/h4-17H,1H2,2-3H3. The van der Waals surface area contributed by atoms with Crippen molar-refractivity contribution in [3.05, 3.63) is 103 Å². The molecule has 0 saturated carbocycles. The van der Waals surface area contributed by atoms with Gasteiger partial charge in [-0.15, -0.1) is 0 Å². The van der Waals surface area contributed by atoms with Crippen LogP contribution in [-0.2, 0) is 0 Å². The number of hydrogen-bond donors (Lipinski definition) is 0. The van der Waals surface area contributed by atoms with Crippen LogP contribution >= 0.6 is 0 Å². The van der Waals surface area contributed by atoms with Crippen LogP contribution in [0.1, 0.15) is 18.1 Å². The molecule has 0 saturated heterocycles. The number of aryl methyl sites for hydroxylation is 1. The van der Waals surface area contributed by atoms with Crippen molar-refractivity contribution in [2.24, 2.45) is 0 Å². The molecule has 0 atom stereocenters. The van der Waals surface area contributed by atoms with E-state index < -0.39 is 0 Å². The maximum absolute atomic E-state index is 4.18. The lowest BCUT2D eigenvalue weighted by Crippen LogP contribution is -1.91. The minimum Gasteiger partial charge on any atom is -0.0955 e. The third-order valence-electron chi connectivity index (χ3n) is 5.00. The predicted octanol–water partition coefficient (Wildman–Crippen LogP) is 7.52. The Morgan fingerprint density at radius 1 is 0.654 bits per heavy atom. The summed E-state index contributed by atoms with van der Waals surface area (Å²) in [6, 6.07) is 30.4. The first kappa shape index (κ1) is 16.4. The molecule has 0 aliphatic rings. The summed E-state index contributed by atoms with van der Waals surface area (Å²) in [5.41, 5.74) is 8.59. The maximum atomic E-state index is 4.18. The summed E-state index contributed by atoms with van der Waals surface area (Å²) in [7, 11) is 0. The average Bonchev–Trinajstić information content (AvgIpc) is 2.67. The second-order valence-electron chi connectivity index (χ2n) is 6.92. The number of hydrogen-bond acceptors (Lipinski definition) is 0. The summed E-state index contributed by atoms with van der Waals surface area (Å²) in [6.45, 7) is 8.43. The molecule has 26 heavy (non-hydrogen) atoms. The second kappa shape index (κ2) is 6.65. The third kappa shape index (κ3) is 2.95. The summed E-state index contributed by atoms with van der Waals surface area (Å²) in [5.74, 6) is 0. The van der Waals surface area contributed by atoms with Crippen LogP contribution in [0, 0.1) is 6.92 Å². The van der Waals surface area contributed by atoms with E-state index in [2.05, 4.69) is 105 Å². The summed E-state index contributed by atoms with van der Waals surface area (Å²) >= 11 is 0. The highest BCUT2D eigenvalue weighted by Gasteiger charge is 2.10. The molecule has 0 nitrogen and oxygen atoms in total. The molecule has 4 rings (SSSR count). The van der Waals surface area contributed by atoms with Gasteiger partial charge in [-0.3, -0.25) is 0 Å². The van der Waals surface area contributed by atoms with Gasteiger partial charge in [-0.05, 0) is 70.1 Å². The molecule has 0 bridgehead atoms. The zero-order valence-corrected chi connectivity index (χ0v) is 15.3. The van der Waals surface area contributed by atoms with Crippen LogP contribution in [0.4, 0.5) is 0 Å². The number of rotatable bonds is 3. The summed E-state index contributed by atoms with van der Waals surface area (Å²) < 4.78 is 0. The highest BCUT2D eigenvalue weighted by molar-refractivity contribution is 5.89. The van der Waals surface area contributed by atoms with Gasteiger partial charge < -0.3 is 0 Å². The number of allylic oxidation sites excluding steroid dienone is 1. The van der Waals surface area contributed by atoms with Crippen LogP contribution in [-0.4, -0.2) is 0 Å². The minimum absolute atomic E-state index is 1.09. The van der Waals surface area contributed by atoms with Gasteiger partial charge >= 0.3 is 0 Å². The van der Waals surface area contributed by atoms with E-state index >= 15 is 0 Å². The lowest BCUT2D eigenvalue weighted by atomic mass is 9.89. The molecule has 4 aromatic rings. The van der Waals surface area contributed by atoms with Crippen molar-refractivity contribution in [1.82, 2.24) is 0 Å². The van der Waals surface area contributed by atoms with Crippen molar-refractivity contribution >= 4 is 16.3 Å². The Hall–Kier alpha value is -3.12. The van der Waals surface area contributed by atoms with E-state index in [9.17, 15) is 0 Å². The topological polar surface area (TPSA) is 0 Å². The number of fused-ring (bicyclic) bond motifs is 1. The van der Waals surface area contributed by atoms with Gasteiger partial charge in [-0.2, -0.15) is 0 Å². The van der Waals surface area contributed by atoms with Crippen molar-refractivity contribution in [1.29, 1.82) is 0 Å². The van der Waals surface area contributed by atoms with Crippen molar-refractivity contribution < 1.29 is 0 Å². The Morgan fingerprint density at radius 3 is 2.08 bits per heavy atom. The molecular formula is C26H22.